The lowest BCUT2D eigenvalue weighted by molar-refractivity contribution is 0.271. The molecule has 1 saturated heterocycles. The van der Waals surface area contributed by atoms with Crippen LogP contribution in [0.4, 0.5) is 11.5 Å². The number of rotatable bonds is 5. The molecule has 0 bridgehead atoms. The molecule has 0 saturated carbocycles. The number of aromatic nitrogens is 1. The van der Waals surface area contributed by atoms with Gasteiger partial charge in [-0.05, 0) is 30.8 Å². The van der Waals surface area contributed by atoms with Crippen LogP contribution < -0.4 is 9.62 Å². The number of benzene rings is 1. The van der Waals surface area contributed by atoms with Crippen LogP contribution in [0.3, 0.4) is 0 Å². The van der Waals surface area contributed by atoms with Crippen molar-refractivity contribution in [1.82, 2.24) is 9.88 Å². The van der Waals surface area contributed by atoms with Crippen LogP contribution in [0.2, 0.25) is 0 Å². The van der Waals surface area contributed by atoms with Gasteiger partial charge >= 0.3 is 0 Å². The van der Waals surface area contributed by atoms with Gasteiger partial charge in [0.25, 0.3) is 10.0 Å². The number of anilines is 2. The SMILES string of the molecule is CCN1CCN(c2ccc(NS(=O)(=O)c3ccccc3)nc2)CC1. The first-order valence-corrected chi connectivity index (χ1v) is 9.58. The van der Waals surface area contributed by atoms with Gasteiger partial charge in [0.1, 0.15) is 5.82 Å². The minimum Gasteiger partial charge on any atom is -0.368 e. The summed E-state index contributed by atoms with van der Waals surface area (Å²) in [6, 6.07) is 11.9. The van der Waals surface area contributed by atoms with Crippen LogP contribution in [-0.4, -0.2) is 51.0 Å². The molecule has 1 aliphatic rings. The lowest BCUT2D eigenvalue weighted by Crippen LogP contribution is -2.46. The fourth-order valence-electron chi connectivity index (χ4n) is 2.75. The summed E-state index contributed by atoms with van der Waals surface area (Å²) in [7, 11) is -3.59. The van der Waals surface area contributed by atoms with Crippen molar-refractivity contribution in [3.8, 4) is 0 Å². The van der Waals surface area contributed by atoms with E-state index in [0.717, 1.165) is 38.4 Å². The summed E-state index contributed by atoms with van der Waals surface area (Å²) in [5.41, 5.74) is 1.02. The van der Waals surface area contributed by atoms with Gasteiger partial charge in [-0.1, -0.05) is 25.1 Å². The summed E-state index contributed by atoms with van der Waals surface area (Å²) in [4.78, 5) is 9.17. The van der Waals surface area contributed by atoms with Crippen LogP contribution in [0, 0.1) is 0 Å². The molecular formula is C17H22N4O2S. The lowest BCUT2D eigenvalue weighted by Gasteiger charge is -2.35. The van der Waals surface area contributed by atoms with Gasteiger partial charge in [-0.25, -0.2) is 13.4 Å². The minimum absolute atomic E-state index is 0.228. The molecule has 0 amide bonds. The van der Waals surface area contributed by atoms with Crippen LogP contribution in [0.15, 0.2) is 53.6 Å². The third-order valence-electron chi connectivity index (χ3n) is 4.22. The molecule has 128 valence electrons. The molecular weight excluding hydrogens is 324 g/mol. The Balaban J connectivity index is 1.67. The summed E-state index contributed by atoms with van der Waals surface area (Å²) < 4.78 is 27.1. The zero-order valence-corrected chi connectivity index (χ0v) is 14.5. The Morgan fingerprint density at radius 1 is 1.04 bits per heavy atom. The highest BCUT2D eigenvalue weighted by atomic mass is 32.2. The van der Waals surface area contributed by atoms with Gasteiger partial charge in [-0.2, -0.15) is 0 Å². The van der Waals surface area contributed by atoms with Crippen molar-refractivity contribution in [2.24, 2.45) is 0 Å². The molecule has 3 rings (SSSR count). The molecule has 7 heteroatoms. The maximum atomic E-state index is 12.3. The molecule has 0 radical (unpaired) electrons. The molecule has 0 spiro atoms. The first-order valence-electron chi connectivity index (χ1n) is 8.10. The van der Waals surface area contributed by atoms with E-state index in [-0.39, 0.29) is 4.90 Å². The summed E-state index contributed by atoms with van der Waals surface area (Å²) in [5.74, 6) is 0.329. The Labute approximate surface area is 143 Å². The second-order valence-corrected chi connectivity index (χ2v) is 7.42. The smallest absolute Gasteiger partial charge is 0.263 e. The van der Waals surface area contributed by atoms with Crippen LogP contribution >= 0.6 is 0 Å². The molecule has 2 aromatic rings. The lowest BCUT2D eigenvalue weighted by atomic mass is 10.3. The van der Waals surface area contributed by atoms with Crippen molar-refractivity contribution < 1.29 is 8.42 Å². The molecule has 1 fully saturated rings. The van der Waals surface area contributed by atoms with E-state index in [1.54, 1.807) is 42.6 Å². The van der Waals surface area contributed by atoms with E-state index in [9.17, 15) is 8.42 Å². The molecule has 0 atom stereocenters. The second-order valence-electron chi connectivity index (χ2n) is 5.74. The predicted octanol–water partition coefficient (Wildman–Crippen LogP) is 2.02. The van der Waals surface area contributed by atoms with Gasteiger partial charge in [0.15, 0.2) is 0 Å². The first kappa shape index (κ1) is 16.7. The Kier molecular flexibility index (Phi) is 5.01. The molecule has 1 aromatic heterocycles. The Bertz CT molecular complexity index is 755. The highest BCUT2D eigenvalue weighted by Gasteiger charge is 2.17. The van der Waals surface area contributed by atoms with Gasteiger partial charge in [0, 0.05) is 26.2 Å². The van der Waals surface area contributed by atoms with Crippen LogP contribution in [-0.2, 0) is 10.0 Å². The number of nitrogens with one attached hydrogen (secondary N) is 1. The normalized spacial score (nSPS) is 16.1. The zero-order chi connectivity index (χ0) is 17.0. The van der Waals surface area contributed by atoms with Crippen molar-refractivity contribution >= 4 is 21.5 Å². The predicted molar refractivity (Wildman–Crippen MR) is 95.8 cm³/mol. The number of hydrogen-bond acceptors (Lipinski definition) is 5. The van der Waals surface area contributed by atoms with Crippen LogP contribution in [0.1, 0.15) is 6.92 Å². The topological polar surface area (TPSA) is 65.5 Å². The molecule has 1 aromatic carbocycles. The number of piperazine rings is 1. The maximum absolute atomic E-state index is 12.3. The van der Waals surface area contributed by atoms with Crippen molar-refractivity contribution in [3.63, 3.8) is 0 Å². The van der Waals surface area contributed by atoms with Crippen LogP contribution in [0.25, 0.3) is 0 Å². The van der Waals surface area contributed by atoms with Gasteiger partial charge in [-0.3, -0.25) is 4.72 Å². The third-order valence-corrected chi connectivity index (χ3v) is 5.60. The van der Waals surface area contributed by atoms with Crippen molar-refractivity contribution in [2.45, 2.75) is 11.8 Å². The zero-order valence-electron chi connectivity index (χ0n) is 13.7. The maximum Gasteiger partial charge on any atom is 0.263 e. The average Bonchev–Trinajstić information content (AvgIpc) is 2.63. The third kappa shape index (κ3) is 3.85. The number of sulfonamides is 1. The van der Waals surface area contributed by atoms with E-state index in [1.807, 2.05) is 6.07 Å². The standard InChI is InChI=1S/C17H22N4O2S/c1-2-20-10-12-21(13-11-20)15-8-9-17(18-14-15)19-24(22,23)16-6-4-3-5-7-16/h3-9,14H,2,10-13H2,1H3,(H,18,19). The summed E-state index contributed by atoms with van der Waals surface area (Å²) in [5, 5.41) is 0. The van der Waals surface area contributed by atoms with Gasteiger partial charge in [0.05, 0.1) is 16.8 Å². The molecule has 0 aliphatic carbocycles. The second kappa shape index (κ2) is 7.19. The largest absolute Gasteiger partial charge is 0.368 e. The number of likely N-dealkylation sites (N-methyl/N-ethyl adjacent to an activating group) is 1. The first-order chi connectivity index (χ1) is 11.6. The Morgan fingerprint density at radius 2 is 1.75 bits per heavy atom. The molecule has 1 N–H and O–H groups in total. The Morgan fingerprint density at radius 3 is 2.33 bits per heavy atom. The number of nitrogens with zero attached hydrogens (tertiary/aromatic N) is 3. The van der Waals surface area contributed by atoms with Gasteiger partial charge in [0.2, 0.25) is 0 Å². The summed E-state index contributed by atoms with van der Waals surface area (Å²) in [6.45, 7) is 7.25. The molecule has 6 nitrogen and oxygen atoms in total. The quantitative estimate of drug-likeness (QED) is 0.897. The van der Waals surface area contributed by atoms with Crippen molar-refractivity contribution in [3.05, 3.63) is 48.7 Å². The fourth-order valence-corrected chi connectivity index (χ4v) is 3.78. The van der Waals surface area contributed by atoms with Crippen molar-refractivity contribution in [2.75, 3.05) is 42.3 Å². The van der Waals surface area contributed by atoms with Gasteiger partial charge in [-0.15, -0.1) is 0 Å². The number of pyridine rings is 1. The summed E-state index contributed by atoms with van der Waals surface area (Å²) in [6.07, 6.45) is 1.73. The summed E-state index contributed by atoms with van der Waals surface area (Å²) >= 11 is 0. The highest BCUT2D eigenvalue weighted by Crippen LogP contribution is 2.19. The van der Waals surface area contributed by atoms with E-state index < -0.39 is 10.0 Å². The number of hydrogen-bond donors (Lipinski definition) is 1. The van der Waals surface area contributed by atoms with E-state index in [4.69, 9.17) is 0 Å². The van der Waals surface area contributed by atoms with Crippen molar-refractivity contribution in [1.29, 1.82) is 0 Å². The monoisotopic (exact) mass is 346 g/mol. The van der Waals surface area contributed by atoms with Gasteiger partial charge < -0.3 is 9.80 Å². The van der Waals surface area contributed by atoms with Crippen LogP contribution in [0.5, 0.6) is 0 Å². The average molecular weight is 346 g/mol. The minimum atomic E-state index is -3.59. The molecule has 2 heterocycles. The van der Waals surface area contributed by atoms with E-state index in [2.05, 4.69) is 26.4 Å². The Hall–Kier alpha value is -2.12. The molecule has 24 heavy (non-hydrogen) atoms. The molecule has 0 unspecified atom stereocenters. The molecule has 1 aliphatic heterocycles. The van der Waals surface area contributed by atoms with E-state index >= 15 is 0 Å². The fraction of sp³-hybridized carbons (Fsp3) is 0.353. The van der Waals surface area contributed by atoms with E-state index in [1.165, 1.54) is 0 Å². The highest BCUT2D eigenvalue weighted by molar-refractivity contribution is 7.92. The van der Waals surface area contributed by atoms with E-state index in [0.29, 0.717) is 5.82 Å².